The molecular weight excluding hydrogens is 326 g/mol. The molecular formula is C21H15N3O2. The van der Waals surface area contributed by atoms with Crippen LogP contribution >= 0.6 is 0 Å². The van der Waals surface area contributed by atoms with Gasteiger partial charge in [-0.2, -0.15) is 10.5 Å². The summed E-state index contributed by atoms with van der Waals surface area (Å²) in [6.45, 7) is 1.70. The maximum atomic E-state index is 13.0. The van der Waals surface area contributed by atoms with Crippen LogP contribution in [0.25, 0.3) is 17.0 Å². The van der Waals surface area contributed by atoms with Crippen molar-refractivity contribution in [2.24, 2.45) is 0 Å². The molecule has 0 amide bonds. The van der Waals surface area contributed by atoms with Gasteiger partial charge in [0.2, 0.25) is 5.78 Å². The predicted molar refractivity (Wildman–Crippen MR) is 98.5 cm³/mol. The van der Waals surface area contributed by atoms with Crippen LogP contribution in [0.5, 0.6) is 5.75 Å². The van der Waals surface area contributed by atoms with E-state index in [0.29, 0.717) is 22.6 Å². The highest BCUT2D eigenvalue weighted by molar-refractivity contribution is 6.20. The zero-order chi connectivity index (χ0) is 18.5. The standard InChI is InChI=1S/C21H15N3O2/c1-14-20(17-7-3-4-8-18(17)24-14)21(25)16(13-23)12-15-6-2-5-9-19(15)26-11-10-22/h2-9,12,24H,11H2,1H3/b16-12+. The molecule has 5 heteroatoms. The van der Waals surface area contributed by atoms with Crippen molar-refractivity contribution in [3.05, 3.63) is 70.9 Å². The number of aromatic nitrogens is 1. The fourth-order valence-electron chi connectivity index (χ4n) is 2.85. The summed E-state index contributed by atoms with van der Waals surface area (Å²) in [4.78, 5) is 16.2. The number of H-pyrrole nitrogens is 1. The fraction of sp³-hybridized carbons (Fsp3) is 0.0952. The molecule has 0 atom stereocenters. The highest BCUT2D eigenvalue weighted by Crippen LogP contribution is 2.27. The van der Waals surface area contributed by atoms with Crippen molar-refractivity contribution in [3.8, 4) is 17.9 Å². The number of ketones is 1. The van der Waals surface area contributed by atoms with Gasteiger partial charge in [0, 0.05) is 22.2 Å². The summed E-state index contributed by atoms with van der Waals surface area (Å²) in [7, 11) is 0. The molecule has 2 aromatic carbocycles. The fourth-order valence-corrected chi connectivity index (χ4v) is 2.85. The molecule has 5 nitrogen and oxygen atoms in total. The number of aromatic amines is 1. The number of carbonyl (C=O) groups excluding carboxylic acids is 1. The molecule has 0 aliphatic carbocycles. The number of ether oxygens (including phenoxy) is 1. The molecule has 1 N–H and O–H groups in total. The Bertz CT molecular complexity index is 1090. The number of para-hydroxylation sites is 2. The van der Waals surface area contributed by atoms with Crippen molar-refractivity contribution in [3.63, 3.8) is 0 Å². The number of carbonyl (C=O) groups is 1. The first-order chi connectivity index (χ1) is 12.7. The second-order valence-corrected chi connectivity index (χ2v) is 5.65. The number of nitrogens with one attached hydrogen (secondary N) is 1. The SMILES string of the molecule is Cc1[nH]c2ccccc2c1C(=O)/C(C#N)=C/c1ccccc1OCC#N. The maximum Gasteiger partial charge on any atom is 0.205 e. The van der Waals surface area contributed by atoms with E-state index in [1.54, 1.807) is 24.3 Å². The molecule has 0 spiro atoms. The topological polar surface area (TPSA) is 89.7 Å². The normalized spacial score (nSPS) is 11.0. The van der Waals surface area contributed by atoms with Crippen LogP contribution in [-0.2, 0) is 0 Å². The zero-order valence-corrected chi connectivity index (χ0v) is 14.1. The predicted octanol–water partition coefficient (Wildman–Crippen LogP) is 4.17. The quantitative estimate of drug-likeness (QED) is 0.428. The summed E-state index contributed by atoms with van der Waals surface area (Å²) in [6, 6.07) is 18.4. The van der Waals surface area contributed by atoms with Crippen molar-refractivity contribution < 1.29 is 9.53 Å². The van der Waals surface area contributed by atoms with E-state index in [4.69, 9.17) is 10.00 Å². The molecule has 0 saturated carbocycles. The van der Waals surface area contributed by atoms with Crippen LogP contribution in [0.4, 0.5) is 0 Å². The molecule has 0 radical (unpaired) electrons. The Morgan fingerprint density at radius 1 is 1.15 bits per heavy atom. The average Bonchev–Trinajstić information content (AvgIpc) is 3.00. The van der Waals surface area contributed by atoms with Crippen molar-refractivity contribution in [1.29, 1.82) is 10.5 Å². The van der Waals surface area contributed by atoms with E-state index < -0.39 is 0 Å². The number of hydrogen-bond donors (Lipinski definition) is 1. The molecule has 0 aliphatic rings. The number of aryl methyl sites for hydroxylation is 1. The Labute approximate surface area is 150 Å². The van der Waals surface area contributed by atoms with Crippen molar-refractivity contribution in [2.45, 2.75) is 6.92 Å². The number of fused-ring (bicyclic) bond motifs is 1. The van der Waals surface area contributed by atoms with Crippen LogP contribution in [0.2, 0.25) is 0 Å². The van der Waals surface area contributed by atoms with Crippen LogP contribution in [-0.4, -0.2) is 17.4 Å². The van der Waals surface area contributed by atoms with E-state index in [-0.39, 0.29) is 18.0 Å². The van der Waals surface area contributed by atoms with Gasteiger partial charge in [-0.15, -0.1) is 0 Å². The number of allylic oxidation sites excluding steroid dienone is 1. The van der Waals surface area contributed by atoms with Crippen LogP contribution in [0, 0.1) is 29.6 Å². The molecule has 126 valence electrons. The summed E-state index contributed by atoms with van der Waals surface area (Å²) >= 11 is 0. The first-order valence-corrected chi connectivity index (χ1v) is 7.98. The number of Topliss-reactive ketones (excluding diaryl/α,β-unsaturated/α-hetero) is 1. The third kappa shape index (κ3) is 3.19. The number of nitriles is 2. The molecule has 1 heterocycles. The second-order valence-electron chi connectivity index (χ2n) is 5.65. The lowest BCUT2D eigenvalue weighted by molar-refractivity contribution is 0.104. The number of nitrogens with zero attached hydrogens (tertiary/aromatic N) is 2. The summed E-state index contributed by atoms with van der Waals surface area (Å²) in [6.07, 6.45) is 1.50. The lowest BCUT2D eigenvalue weighted by Gasteiger charge is -2.06. The summed E-state index contributed by atoms with van der Waals surface area (Å²) in [5.74, 6) is 0.0998. The second kappa shape index (κ2) is 7.38. The zero-order valence-electron chi connectivity index (χ0n) is 14.1. The molecule has 0 unspecified atom stereocenters. The maximum absolute atomic E-state index is 13.0. The van der Waals surface area contributed by atoms with E-state index in [2.05, 4.69) is 4.98 Å². The van der Waals surface area contributed by atoms with E-state index in [0.717, 1.165) is 10.9 Å². The van der Waals surface area contributed by atoms with Crippen molar-refractivity contribution in [1.82, 2.24) is 4.98 Å². The van der Waals surface area contributed by atoms with Gasteiger partial charge < -0.3 is 9.72 Å². The Morgan fingerprint density at radius 3 is 2.65 bits per heavy atom. The smallest absolute Gasteiger partial charge is 0.205 e. The molecule has 3 aromatic rings. The van der Waals surface area contributed by atoms with Crippen LogP contribution in [0.15, 0.2) is 54.1 Å². The molecule has 0 saturated heterocycles. The van der Waals surface area contributed by atoms with Gasteiger partial charge in [0.15, 0.2) is 6.61 Å². The molecule has 26 heavy (non-hydrogen) atoms. The first-order valence-electron chi connectivity index (χ1n) is 7.98. The summed E-state index contributed by atoms with van der Waals surface area (Å²) < 4.78 is 5.36. The van der Waals surface area contributed by atoms with E-state index in [1.165, 1.54) is 6.08 Å². The van der Waals surface area contributed by atoms with Crippen LogP contribution in [0.3, 0.4) is 0 Å². The monoisotopic (exact) mass is 341 g/mol. The van der Waals surface area contributed by atoms with E-state index >= 15 is 0 Å². The van der Waals surface area contributed by atoms with Crippen molar-refractivity contribution >= 4 is 22.8 Å². The summed E-state index contributed by atoms with van der Waals surface area (Å²) in [5, 5.41) is 19.0. The molecule has 3 rings (SSSR count). The third-order valence-corrected chi connectivity index (χ3v) is 4.00. The van der Waals surface area contributed by atoms with Gasteiger partial charge in [0.05, 0.1) is 5.56 Å². The van der Waals surface area contributed by atoms with Gasteiger partial charge in [-0.3, -0.25) is 4.79 Å². The van der Waals surface area contributed by atoms with Gasteiger partial charge >= 0.3 is 0 Å². The van der Waals surface area contributed by atoms with Gasteiger partial charge in [-0.25, -0.2) is 0 Å². The minimum Gasteiger partial charge on any atom is -0.478 e. The highest BCUT2D eigenvalue weighted by atomic mass is 16.5. The molecule has 0 fully saturated rings. The lowest BCUT2D eigenvalue weighted by Crippen LogP contribution is -2.04. The van der Waals surface area contributed by atoms with Gasteiger partial charge in [0.25, 0.3) is 0 Å². The lowest BCUT2D eigenvalue weighted by atomic mass is 9.99. The molecule has 0 bridgehead atoms. The van der Waals surface area contributed by atoms with Gasteiger partial charge in [-0.1, -0.05) is 36.4 Å². The number of benzene rings is 2. The average molecular weight is 341 g/mol. The van der Waals surface area contributed by atoms with Crippen molar-refractivity contribution in [2.75, 3.05) is 6.61 Å². The Kier molecular flexibility index (Phi) is 4.83. The van der Waals surface area contributed by atoms with Crippen LogP contribution < -0.4 is 4.74 Å². The largest absolute Gasteiger partial charge is 0.478 e. The van der Waals surface area contributed by atoms with E-state index in [1.807, 2.05) is 43.3 Å². The van der Waals surface area contributed by atoms with Gasteiger partial charge in [0.1, 0.15) is 23.5 Å². The Morgan fingerprint density at radius 2 is 1.88 bits per heavy atom. The summed E-state index contributed by atoms with van der Waals surface area (Å²) in [5.41, 5.74) is 2.63. The highest BCUT2D eigenvalue weighted by Gasteiger charge is 2.20. The van der Waals surface area contributed by atoms with E-state index in [9.17, 15) is 10.1 Å². The minimum absolute atomic E-state index is 0.00543. The Balaban J connectivity index is 2.06. The van der Waals surface area contributed by atoms with Gasteiger partial charge in [-0.05, 0) is 25.1 Å². The Hall–Kier alpha value is -3.83. The number of hydrogen-bond acceptors (Lipinski definition) is 4. The molecule has 1 aromatic heterocycles. The minimum atomic E-state index is -0.350. The van der Waals surface area contributed by atoms with Crippen LogP contribution in [0.1, 0.15) is 21.6 Å². The number of rotatable bonds is 5. The molecule has 0 aliphatic heterocycles. The third-order valence-electron chi connectivity index (χ3n) is 4.00. The first kappa shape index (κ1) is 17.0.